The lowest BCUT2D eigenvalue weighted by atomic mass is 10.1. The van der Waals surface area contributed by atoms with Crippen molar-refractivity contribution in [2.75, 3.05) is 6.54 Å². The highest BCUT2D eigenvalue weighted by Crippen LogP contribution is 2.21. The molecular formula is C16H27N. The van der Waals surface area contributed by atoms with Crippen molar-refractivity contribution in [1.29, 1.82) is 0 Å². The van der Waals surface area contributed by atoms with Crippen molar-refractivity contribution in [1.82, 2.24) is 4.90 Å². The Morgan fingerprint density at radius 2 is 1.65 bits per heavy atom. The van der Waals surface area contributed by atoms with Gasteiger partial charge in [-0.2, -0.15) is 0 Å². The summed E-state index contributed by atoms with van der Waals surface area (Å²) in [6, 6.07) is 1.26. The van der Waals surface area contributed by atoms with E-state index < -0.39 is 0 Å². The molecule has 1 aliphatic rings. The van der Waals surface area contributed by atoms with Gasteiger partial charge in [0.15, 0.2) is 0 Å². The maximum atomic E-state index is 2.55. The lowest BCUT2D eigenvalue weighted by Crippen LogP contribution is -2.37. The van der Waals surface area contributed by atoms with Crippen molar-refractivity contribution in [3.05, 3.63) is 34.9 Å². The summed E-state index contributed by atoms with van der Waals surface area (Å²) in [7, 11) is 0. The van der Waals surface area contributed by atoms with Crippen LogP contribution in [0.4, 0.5) is 0 Å². The normalized spacial score (nSPS) is 15.4. The van der Waals surface area contributed by atoms with Crippen molar-refractivity contribution in [2.24, 2.45) is 0 Å². The quantitative estimate of drug-likeness (QED) is 0.683. The first-order valence-electron chi connectivity index (χ1n) is 6.73. The summed E-state index contributed by atoms with van der Waals surface area (Å²) in [5.41, 5.74) is 4.26. The van der Waals surface area contributed by atoms with Crippen LogP contribution in [-0.4, -0.2) is 23.5 Å². The molecule has 0 aliphatic heterocycles. The molecule has 0 N–H and O–H groups in total. The molecule has 0 amide bonds. The van der Waals surface area contributed by atoms with Crippen LogP contribution in [-0.2, 0) is 0 Å². The number of hydrogen-bond donors (Lipinski definition) is 0. The standard InChI is InChI=1S/C16H27N/c1-12(2)16-8-7-15(11-16)9-10-17(13(3)4)14(5)6/h7-8,11,13-14H,9-10H2,1-6H3. The molecule has 0 aromatic rings. The van der Waals surface area contributed by atoms with Crippen molar-refractivity contribution in [3.63, 3.8) is 0 Å². The third-order valence-corrected chi connectivity index (χ3v) is 3.38. The molecule has 1 rings (SSSR count). The fourth-order valence-electron chi connectivity index (χ4n) is 2.33. The molecule has 0 radical (unpaired) electrons. The zero-order valence-electron chi connectivity index (χ0n) is 12.2. The van der Waals surface area contributed by atoms with E-state index in [0.717, 1.165) is 13.0 Å². The highest BCUT2D eigenvalue weighted by atomic mass is 15.2. The minimum Gasteiger partial charge on any atom is -0.298 e. The van der Waals surface area contributed by atoms with Gasteiger partial charge in [-0.05, 0) is 59.1 Å². The van der Waals surface area contributed by atoms with Crippen molar-refractivity contribution in [3.8, 4) is 0 Å². The third kappa shape index (κ3) is 4.16. The molecular weight excluding hydrogens is 206 g/mol. The summed E-state index contributed by atoms with van der Waals surface area (Å²) in [4.78, 5) is 2.55. The first-order valence-corrected chi connectivity index (χ1v) is 6.73. The van der Waals surface area contributed by atoms with E-state index in [1.165, 1.54) is 16.7 Å². The third-order valence-electron chi connectivity index (χ3n) is 3.38. The molecule has 1 nitrogen and oxygen atoms in total. The molecule has 0 heterocycles. The molecule has 1 heteroatoms. The molecule has 0 atom stereocenters. The first kappa shape index (κ1) is 14.2. The molecule has 17 heavy (non-hydrogen) atoms. The Morgan fingerprint density at radius 3 is 2.06 bits per heavy atom. The van der Waals surface area contributed by atoms with Crippen LogP contribution in [0.1, 0.15) is 48.0 Å². The van der Waals surface area contributed by atoms with Gasteiger partial charge >= 0.3 is 0 Å². The van der Waals surface area contributed by atoms with Gasteiger partial charge in [-0.3, -0.25) is 4.90 Å². The van der Waals surface area contributed by atoms with Crippen LogP contribution in [0.15, 0.2) is 34.9 Å². The van der Waals surface area contributed by atoms with E-state index in [4.69, 9.17) is 0 Å². The zero-order valence-corrected chi connectivity index (χ0v) is 12.2. The van der Waals surface area contributed by atoms with Crippen LogP contribution in [0.25, 0.3) is 0 Å². The Kier molecular flexibility index (Phi) is 5.20. The van der Waals surface area contributed by atoms with Gasteiger partial charge < -0.3 is 0 Å². The van der Waals surface area contributed by atoms with Crippen molar-refractivity contribution >= 4 is 0 Å². The van der Waals surface area contributed by atoms with Crippen LogP contribution < -0.4 is 0 Å². The largest absolute Gasteiger partial charge is 0.298 e. The number of hydrogen-bond acceptors (Lipinski definition) is 1. The molecule has 0 spiro atoms. The Hall–Kier alpha value is -0.820. The average molecular weight is 233 g/mol. The Morgan fingerprint density at radius 1 is 1.06 bits per heavy atom. The van der Waals surface area contributed by atoms with E-state index in [2.05, 4.69) is 64.7 Å². The minimum atomic E-state index is 0.629. The van der Waals surface area contributed by atoms with Crippen LogP contribution in [0.5, 0.6) is 0 Å². The van der Waals surface area contributed by atoms with Crippen LogP contribution >= 0.6 is 0 Å². The second-order valence-corrected chi connectivity index (χ2v) is 5.68. The smallest absolute Gasteiger partial charge is 0.00414 e. The molecule has 0 unspecified atom stereocenters. The average Bonchev–Trinajstić information content (AvgIpc) is 2.65. The van der Waals surface area contributed by atoms with Gasteiger partial charge in [-0.25, -0.2) is 0 Å². The summed E-state index contributed by atoms with van der Waals surface area (Å²) in [5, 5.41) is 0. The highest BCUT2D eigenvalue weighted by molar-refractivity contribution is 5.47. The predicted octanol–water partition coefficient (Wildman–Crippen LogP) is 4.33. The maximum absolute atomic E-state index is 2.55. The summed E-state index contributed by atoms with van der Waals surface area (Å²) >= 11 is 0. The number of nitrogens with zero attached hydrogens (tertiary/aromatic N) is 1. The predicted molar refractivity (Wildman–Crippen MR) is 77.2 cm³/mol. The second kappa shape index (κ2) is 6.20. The summed E-state index contributed by atoms with van der Waals surface area (Å²) in [6.45, 7) is 14.6. The Bertz CT molecular complexity index is 331. The van der Waals surface area contributed by atoms with Gasteiger partial charge in [0.05, 0.1) is 0 Å². The van der Waals surface area contributed by atoms with Gasteiger partial charge in [0, 0.05) is 18.6 Å². The van der Waals surface area contributed by atoms with Gasteiger partial charge in [0.1, 0.15) is 0 Å². The van der Waals surface area contributed by atoms with Crippen LogP contribution in [0.3, 0.4) is 0 Å². The molecule has 0 saturated heterocycles. The molecule has 0 fully saturated rings. The SMILES string of the molecule is CC(C)=C1C=CC(CCN(C(C)C)C(C)C)=C1. The van der Waals surface area contributed by atoms with E-state index in [1.54, 1.807) is 0 Å². The molecule has 0 aromatic heterocycles. The summed E-state index contributed by atoms with van der Waals surface area (Å²) in [6.07, 6.45) is 7.98. The Labute approximate surface area is 107 Å². The maximum Gasteiger partial charge on any atom is 0.00414 e. The van der Waals surface area contributed by atoms with E-state index in [9.17, 15) is 0 Å². The summed E-state index contributed by atoms with van der Waals surface area (Å²) in [5.74, 6) is 0. The van der Waals surface area contributed by atoms with Crippen LogP contribution in [0, 0.1) is 0 Å². The molecule has 0 aromatic carbocycles. The van der Waals surface area contributed by atoms with E-state index in [0.29, 0.717) is 12.1 Å². The fourth-order valence-corrected chi connectivity index (χ4v) is 2.33. The summed E-state index contributed by atoms with van der Waals surface area (Å²) < 4.78 is 0. The first-order chi connectivity index (χ1) is 7.91. The van der Waals surface area contributed by atoms with Crippen molar-refractivity contribution < 1.29 is 0 Å². The second-order valence-electron chi connectivity index (χ2n) is 5.68. The lowest BCUT2D eigenvalue weighted by molar-refractivity contribution is 0.178. The van der Waals surface area contributed by atoms with E-state index >= 15 is 0 Å². The lowest BCUT2D eigenvalue weighted by Gasteiger charge is -2.30. The minimum absolute atomic E-state index is 0.629. The van der Waals surface area contributed by atoms with Crippen LogP contribution in [0.2, 0.25) is 0 Å². The van der Waals surface area contributed by atoms with Crippen molar-refractivity contribution in [2.45, 2.75) is 60.0 Å². The van der Waals surface area contributed by atoms with Gasteiger partial charge in [-0.15, -0.1) is 0 Å². The highest BCUT2D eigenvalue weighted by Gasteiger charge is 2.13. The molecule has 0 bridgehead atoms. The molecule has 0 saturated carbocycles. The van der Waals surface area contributed by atoms with E-state index in [1.807, 2.05) is 0 Å². The monoisotopic (exact) mass is 233 g/mol. The van der Waals surface area contributed by atoms with Gasteiger partial charge in [0.2, 0.25) is 0 Å². The van der Waals surface area contributed by atoms with Gasteiger partial charge in [0.25, 0.3) is 0 Å². The molecule has 96 valence electrons. The number of allylic oxidation sites excluding steroid dienone is 5. The molecule has 1 aliphatic carbocycles. The topological polar surface area (TPSA) is 3.24 Å². The fraction of sp³-hybridized carbons (Fsp3) is 0.625. The van der Waals surface area contributed by atoms with E-state index in [-0.39, 0.29) is 0 Å². The zero-order chi connectivity index (χ0) is 13.0. The Balaban J connectivity index is 2.55. The van der Waals surface area contributed by atoms with Gasteiger partial charge in [-0.1, -0.05) is 23.8 Å². The number of rotatable bonds is 5.